The van der Waals surface area contributed by atoms with E-state index in [4.69, 9.17) is 10.5 Å². The summed E-state index contributed by atoms with van der Waals surface area (Å²) in [5.74, 6) is 0. The van der Waals surface area contributed by atoms with Gasteiger partial charge in [0.15, 0.2) is 0 Å². The normalized spacial score (nSPS) is 12.9. The Morgan fingerprint density at radius 1 is 1.22 bits per heavy atom. The minimum atomic E-state index is -3.42. The maximum atomic E-state index is 12.1. The van der Waals surface area contributed by atoms with Gasteiger partial charge in [0.05, 0.1) is 6.61 Å². The molecule has 0 saturated carbocycles. The minimum absolute atomic E-state index is 0. The molecular weight excluding hydrogens is 278 g/mol. The zero-order valence-corrected chi connectivity index (χ0v) is 13.5. The fourth-order valence-electron chi connectivity index (χ4n) is 1.32. The average molecular weight is 304 g/mol. The summed E-state index contributed by atoms with van der Waals surface area (Å²) in [4.78, 5) is 0. The average Bonchev–Trinajstić information content (AvgIpc) is 2.25. The molecule has 0 saturated heterocycles. The number of nitrogens with zero attached hydrogens (tertiary/aromatic N) is 2. The number of halogens is 1. The van der Waals surface area contributed by atoms with Gasteiger partial charge in [-0.1, -0.05) is 13.8 Å². The van der Waals surface area contributed by atoms with Crippen LogP contribution in [0.3, 0.4) is 0 Å². The van der Waals surface area contributed by atoms with Gasteiger partial charge in [-0.3, -0.25) is 0 Å². The van der Waals surface area contributed by atoms with E-state index in [9.17, 15) is 8.42 Å². The molecule has 2 N–H and O–H groups in total. The summed E-state index contributed by atoms with van der Waals surface area (Å²) < 4.78 is 31.6. The lowest BCUT2D eigenvalue weighted by molar-refractivity contribution is 0.181. The van der Waals surface area contributed by atoms with Crippen molar-refractivity contribution in [3.05, 3.63) is 0 Å². The molecule has 0 aliphatic heterocycles. The Morgan fingerprint density at radius 3 is 2.11 bits per heavy atom. The molecule has 0 aromatic rings. The van der Waals surface area contributed by atoms with Gasteiger partial charge in [-0.05, 0) is 12.0 Å². The molecule has 18 heavy (non-hydrogen) atoms. The molecule has 112 valence electrons. The molecule has 0 rings (SSSR count). The van der Waals surface area contributed by atoms with E-state index in [2.05, 4.69) is 0 Å². The number of hydrogen-bond acceptors (Lipinski definition) is 4. The van der Waals surface area contributed by atoms with E-state index < -0.39 is 10.2 Å². The molecule has 0 aliphatic carbocycles. The van der Waals surface area contributed by atoms with Crippen molar-refractivity contribution in [3.8, 4) is 0 Å². The lowest BCUT2D eigenvalue weighted by Gasteiger charge is -2.31. The highest BCUT2D eigenvalue weighted by Gasteiger charge is 2.28. The molecule has 0 spiro atoms. The van der Waals surface area contributed by atoms with Crippen molar-refractivity contribution in [2.24, 2.45) is 11.1 Å². The first-order valence-electron chi connectivity index (χ1n) is 5.54. The fourth-order valence-corrected chi connectivity index (χ4v) is 2.62. The lowest BCUT2D eigenvalue weighted by Crippen LogP contribution is -2.46. The van der Waals surface area contributed by atoms with Crippen LogP contribution in [0.5, 0.6) is 0 Å². The van der Waals surface area contributed by atoms with Crippen LogP contribution < -0.4 is 5.73 Å². The molecule has 8 heteroatoms. The third-order valence-electron chi connectivity index (χ3n) is 2.60. The van der Waals surface area contributed by atoms with Crippen LogP contribution in [0, 0.1) is 5.41 Å². The van der Waals surface area contributed by atoms with Crippen molar-refractivity contribution < 1.29 is 13.2 Å². The van der Waals surface area contributed by atoms with Gasteiger partial charge in [0.25, 0.3) is 10.2 Å². The molecular formula is C10H26ClN3O3S. The third kappa shape index (κ3) is 6.31. The number of rotatable bonds is 8. The smallest absolute Gasteiger partial charge is 0.281 e. The second-order valence-electron chi connectivity index (χ2n) is 4.95. The Hall–Kier alpha value is 0.0800. The van der Waals surface area contributed by atoms with E-state index in [-0.39, 0.29) is 17.8 Å². The summed E-state index contributed by atoms with van der Waals surface area (Å²) in [5.41, 5.74) is 5.37. The van der Waals surface area contributed by atoms with E-state index in [1.54, 1.807) is 21.2 Å². The second kappa shape index (κ2) is 8.29. The number of hydrogen-bond donors (Lipinski definition) is 1. The van der Waals surface area contributed by atoms with Crippen LogP contribution in [0.4, 0.5) is 0 Å². The van der Waals surface area contributed by atoms with E-state index >= 15 is 0 Å². The van der Waals surface area contributed by atoms with Crippen LogP contribution in [-0.2, 0) is 14.9 Å². The zero-order valence-electron chi connectivity index (χ0n) is 11.8. The van der Waals surface area contributed by atoms with Crippen molar-refractivity contribution in [1.29, 1.82) is 0 Å². The molecule has 6 nitrogen and oxygen atoms in total. The first-order chi connectivity index (χ1) is 7.67. The molecule has 0 aromatic carbocycles. The lowest BCUT2D eigenvalue weighted by atomic mass is 9.94. The van der Waals surface area contributed by atoms with Crippen LogP contribution in [0.1, 0.15) is 13.8 Å². The van der Waals surface area contributed by atoms with Crippen LogP contribution >= 0.6 is 12.4 Å². The summed E-state index contributed by atoms with van der Waals surface area (Å²) in [7, 11) is 1.23. The summed E-state index contributed by atoms with van der Waals surface area (Å²) in [6.07, 6.45) is 0. The molecule has 0 heterocycles. The number of methoxy groups -OCH3 is 1. The predicted molar refractivity (Wildman–Crippen MR) is 76.1 cm³/mol. The van der Waals surface area contributed by atoms with Crippen LogP contribution in [-0.4, -0.2) is 64.5 Å². The van der Waals surface area contributed by atoms with Gasteiger partial charge in [-0.2, -0.15) is 17.0 Å². The first-order valence-corrected chi connectivity index (χ1v) is 6.93. The van der Waals surface area contributed by atoms with Crippen molar-refractivity contribution in [1.82, 2.24) is 8.61 Å². The Labute approximate surface area is 117 Å². The highest BCUT2D eigenvalue weighted by Crippen LogP contribution is 2.17. The Bertz CT molecular complexity index is 322. The standard InChI is InChI=1S/C10H25N3O3S.ClH/c1-10(2,8-11)9-13(4)17(14,15)12(3)6-7-16-5;/h6-9,11H2,1-5H3;1H. The number of likely N-dealkylation sites (N-methyl/N-ethyl adjacent to an activating group) is 1. The molecule has 0 unspecified atom stereocenters. The summed E-state index contributed by atoms with van der Waals surface area (Å²) >= 11 is 0. The maximum absolute atomic E-state index is 12.1. The van der Waals surface area contributed by atoms with Crippen molar-refractivity contribution in [2.75, 3.05) is 47.4 Å². The predicted octanol–water partition coefficient (Wildman–Crippen LogP) is 0.148. The molecule has 0 fully saturated rings. The topological polar surface area (TPSA) is 75.9 Å². The monoisotopic (exact) mass is 303 g/mol. The third-order valence-corrected chi connectivity index (χ3v) is 4.49. The molecule has 0 aromatic heterocycles. The van der Waals surface area contributed by atoms with Gasteiger partial charge in [0, 0.05) is 34.3 Å². The highest BCUT2D eigenvalue weighted by atomic mass is 35.5. The van der Waals surface area contributed by atoms with Gasteiger partial charge >= 0.3 is 0 Å². The van der Waals surface area contributed by atoms with Crippen molar-refractivity contribution in [2.45, 2.75) is 13.8 Å². The summed E-state index contributed by atoms with van der Waals surface area (Å²) in [5, 5.41) is 0. The molecule has 0 bridgehead atoms. The van der Waals surface area contributed by atoms with E-state index in [1.807, 2.05) is 13.8 Å². The Balaban J connectivity index is 0. The van der Waals surface area contributed by atoms with Crippen LogP contribution in [0.15, 0.2) is 0 Å². The number of ether oxygens (including phenoxy) is 1. The highest BCUT2D eigenvalue weighted by molar-refractivity contribution is 7.86. The Morgan fingerprint density at radius 2 is 1.72 bits per heavy atom. The SMILES string of the molecule is COCCN(C)S(=O)(=O)N(C)CC(C)(C)CN.Cl. The maximum Gasteiger partial charge on any atom is 0.281 e. The van der Waals surface area contributed by atoms with Gasteiger partial charge in [-0.25, -0.2) is 0 Å². The van der Waals surface area contributed by atoms with Crippen molar-refractivity contribution in [3.63, 3.8) is 0 Å². The second-order valence-corrected chi connectivity index (χ2v) is 7.09. The quantitative estimate of drug-likeness (QED) is 0.692. The Kier molecular flexibility index (Phi) is 9.40. The number of nitrogens with two attached hydrogens (primary N) is 1. The van der Waals surface area contributed by atoms with Crippen molar-refractivity contribution >= 4 is 22.6 Å². The zero-order chi connectivity index (χ0) is 13.7. The molecule has 0 amide bonds. The molecule has 0 atom stereocenters. The minimum Gasteiger partial charge on any atom is -0.383 e. The van der Waals surface area contributed by atoms with Gasteiger partial charge in [0.1, 0.15) is 0 Å². The largest absolute Gasteiger partial charge is 0.383 e. The van der Waals surface area contributed by atoms with E-state index in [0.717, 1.165) is 0 Å². The van der Waals surface area contributed by atoms with Crippen LogP contribution in [0.25, 0.3) is 0 Å². The fraction of sp³-hybridized carbons (Fsp3) is 1.00. The van der Waals surface area contributed by atoms with Gasteiger partial charge in [0.2, 0.25) is 0 Å². The van der Waals surface area contributed by atoms with Gasteiger partial charge in [-0.15, -0.1) is 12.4 Å². The molecule has 0 radical (unpaired) electrons. The van der Waals surface area contributed by atoms with E-state index in [1.165, 1.54) is 8.61 Å². The van der Waals surface area contributed by atoms with Gasteiger partial charge < -0.3 is 10.5 Å². The summed E-state index contributed by atoms with van der Waals surface area (Å²) in [6.45, 7) is 5.43. The first kappa shape index (κ1) is 20.4. The van der Waals surface area contributed by atoms with Crippen LogP contribution in [0.2, 0.25) is 0 Å². The van der Waals surface area contributed by atoms with E-state index in [0.29, 0.717) is 26.2 Å². The summed E-state index contributed by atoms with van der Waals surface area (Å²) in [6, 6.07) is 0. The molecule has 0 aliphatic rings.